The number of hydrogen-bond acceptors (Lipinski definition) is 3. The van der Waals surface area contributed by atoms with E-state index < -0.39 is 10.0 Å². The minimum Gasteiger partial charge on any atom is -0.350 e. The Hall–Kier alpha value is -2.34. The molecule has 0 unspecified atom stereocenters. The molecule has 0 aliphatic heterocycles. The van der Waals surface area contributed by atoms with Crippen molar-refractivity contribution in [1.82, 2.24) is 5.32 Å². The van der Waals surface area contributed by atoms with Gasteiger partial charge in [-0.2, -0.15) is 0 Å². The largest absolute Gasteiger partial charge is 0.350 e. The molecular weight excluding hydrogens is 336 g/mol. The minimum atomic E-state index is -3.45. The van der Waals surface area contributed by atoms with E-state index in [-0.39, 0.29) is 24.9 Å². The van der Waals surface area contributed by atoms with Gasteiger partial charge in [0.05, 0.1) is 18.5 Å². The van der Waals surface area contributed by atoms with Gasteiger partial charge < -0.3 is 5.32 Å². The molecule has 0 saturated heterocycles. The van der Waals surface area contributed by atoms with Crippen LogP contribution in [0.3, 0.4) is 0 Å². The highest BCUT2D eigenvalue weighted by Gasteiger charge is 2.21. The summed E-state index contributed by atoms with van der Waals surface area (Å²) in [6.45, 7) is 4.46. The minimum absolute atomic E-state index is 0.182. The van der Waals surface area contributed by atoms with Crippen molar-refractivity contribution in [3.05, 3.63) is 65.7 Å². The fraction of sp³-hybridized carbons (Fsp3) is 0.316. The Morgan fingerprint density at radius 2 is 1.64 bits per heavy atom. The zero-order valence-corrected chi connectivity index (χ0v) is 15.6. The maximum atomic E-state index is 12.3. The van der Waals surface area contributed by atoms with Crippen molar-refractivity contribution >= 4 is 21.6 Å². The van der Waals surface area contributed by atoms with Crippen LogP contribution in [0.5, 0.6) is 0 Å². The van der Waals surface area contributed by atoms with Crippen LogP contribution in [0.2, 0.25) is 0 Å². The monoisotopic (exact) mass is 360 g/mol. The third-order valence-corrected chi connectivity index (χ3v) is 5.04. The van der Waals surface area contributed by atoms with E-state index in [1.165, 1.54) is 10.6 Å². The van der Waals surface area contributed by atoms with Gasteiger partial charge in [0.1, 0.15) is 0 Å². The smallest absolute Gasteiger partial charge is 0.251 e. The number of nitrogens with one attached hydrogen (secondary N) is 1. The van der Waals surface area contributed by atoms with Crippen molar-refractivity contribution in [3.8, 4) is 0 Å². The lowest BCUT2D eigenvalue weighted by atomic mass is 10.0. The molecule has 134 valence electrons. The average Bonchev–Trinajstić information content (AvgIpc) is 2.58. The van der Waals surface area contributed by atoms with Crippen molar-refractivity contribution in [2.45, 2.75) is 19.8 Å². The van der Waals surface area contributed by atoms with E-state index in [9.17, 15) is 13.2 Å². The molecule has 0 atom stereocenters. The maximum Gasteiger partial charge on any atom is 0.251 e. The fourth-order valence-corrected chi connectivity index (χ4v) is 3.58. The van der Waals surface area contributed by atoms with Crippen LogP contribution in [0, 0.1) is 0 Å². The number of sulfonamides is 1. The van der Waals surface area contributed by atoms with E-state index in [1.807, 2.05) is 38.1 Å². The summed E-state index contributed by atoms with van der Waals surface area (Å²) in [7, 11) is -3.45. The summed E-state index contributed by atoms with van der Waals surface area (Å²) >= 11 is 0. The third-order valence-electron chi connectivity index (χ3n) is 3.86. The fourth-order valence-electron chi connectivity index (χ4n) is 2.63. The topological polar surface area (TPSA) is 66.5 Å². The number of benzene rings is 2. The lowest BCUT2D eigenvalue weighted by molar-refractivity contribution is 0.0955. The number of para-hydroxylation sites is 1. The first kappa shape index (κ1) is 19.0. The molecule has 1 N–H and O–H groups in total. The summed E-state index contributed by atoms with van der Waals surface area (Å²) in [5, 5.41) is 2.77. The van der Waals surface area contributed by atoms with E-state index in [1.54, 1.807) is 30.3 Å². The summed E-state index contributed by atoms with van der Waals surface area (Å²) < 4.78 is 25.9. The molecule has 2 rings (SSSR count). The van der Waals surface area contributed by atoms with Crippen molar-refractivity contribution in [3.63, 3.8) is 0 Å². The Bertz CT molecular complexity index is 818. The van der Waals surface area contributed by atoms with Gasteiger partial charge in [-0.05, 0) is 29.7 Å². The quantitative estimate of drug-likeness (QED) is 0.825. The zero-order chi connectivity index (χ0) is 18.4. The molecule has 1 amide bonds. The highest BCUT2D eigenvalue weighted by Crippen LogP contribution is 2.28. The highest BCUT2D eigenvalue weighted by atomic mass is 32.2. The predicted molar refractivity (Wildman–Crippen MR) is 101 cm³/mol. The van der Waals surface area contributed by atoms with Crippen LogP contribution in [0.1, 0.15) is 35.7 Å². The Balaban J connectivity index is 2.14. The number of anilines is 1. The molecule has 0 bridgehead atoms. The van der Waals surface area contributed by atoms with E-state index in [2.05, 4.69) is 5.32 Å². The lowest BCUT2D eigenvalue weighted by Gasteiger charge is -2.26. The van der Waals surface area contributed by atoms with Crippen LogP contribution >= 0.6 is 0 Å². The lowest BCUT2D eigenvalue weighted by Crippen LogP contribution is -2.38. The predicted octanol–water partition coefficient (Wildman–Crippen LogP) is 3.01. The van der Waals surface area contributed by atoms with Gasteiger partial charge in [-0.15, -0.1) is 0 Å². The molecular formula is C19H24N2O3S. The molecule has 2 aromatic carbocycles. The second-order valence-electron chi connectivity index (χ2n) is 6.17. The Morgan fingerprint density at radius 3 is 2.24 bits per heavy atom. The molecule has 0 heterocycles. The third kappa shape index (κ3) is 5.06. The molecule has 0 aliphatic rings. The first-order valence-corrected chi connectivity index (χ1v) is 10.1. The van der Waals surface area contributed by atoms with Crippen LogP contribution in [0.4, 0.5) is 5.69 Å². The van der Waals surface area contributed by atoms with E-state index in [0.29, 0.717) is 11.3 Å². The number of rotatable bonds is 7. The summed E-state index contributed by atoms with van der Waals surface area (Å²) in [5.41, 5.74) is 2.17. The number of carbonyl (C=O) groups excluding carboxylic acids is 1. The van der Waals surface area contributed by atoms with Crippen molar-refractivity contribution in [2.75, 3.05) is 23.7 Å². The van der Waals surface area contributed by atoms with E-state index in [0.717, 1.165) is 5.56 Å². The summed E-state index contributed by atoms with van der Waals surface area (Å²) in [6, 6.07) is 16.3. The van der Waals surface area contributed by atoms with Crippen LogP contribution in [-0.2, 0) is 10.0 Å². The number of nitrogens with zero attached hydrogens (tertiary/aromatic N) is 1. The number of amides is 1. The summed E-state index contributed by atoms with van der Waals surface area (Å²) in [4.78, 5) is 12.1. The highest BCUT2D eigenvalue weighted by molar-refractivity contribution is 7.92. The van der Waals surface area contributed by atoms with Crippen LogP contribution in [-0.4, -0.2) is 33.7 Å². The molecule has 0 saturated carbocycles. The molecule has 2 aromatic rings. The van der Waals surface area contributed by atoms with Crippen molar-refractivity contribution in [1.29, 1.82) is 0 Å². The van der Waals surface area contributed by atoms with Gasteiger partial charge in [-0.1, -0.05) is 50.2 Å². The van der Waals surface area contributed by atoms with Crippen molar-refractivity contribution in [2.24, 2.45) is 0 Å². The first-order chi connectivity index (χ1) is 11.8. The summed E-state index contributed by atoms with van der Waals surface area (Å²) in [6.07, 6.45) is 1.18. The SMILES string of the molecule is CC(C)c1ccccc1N(CCNC(=O)c1ccccc1)S(C)(=O)=O. The van der Waals surface area contributed by atoms with Crippen LogP contribution < -0.4 is 9.62 Å². The van der Waals surface area contributed by atoms with Gasteiger partial charge in [-0.3, -0.25) is 9.10 Å². The molecule has 0 radical (unpaired) electrons. The van der Waals surface area contributed by atoms with Crippen LogP contribution in [0.15, 0.2) is 54.6 Å². The first-order valence-electron chi connectivity index (χ1n) is 8.20. The molecule has 5 nitrogen and oxygen atoms in total. The molecule has 6 heteroatoms. The second-order valence-corrected chi connectivity index (χ2v) is 8.08. The molecule has 25 heavy (non-hydrogen) atoms. The van der Waals surface area contributed by atoms with Gasteiger partial charge in [0.2, 0.25) is 10.0 Å². The number of hydrogen-bond donors (Lipinski definition) is 1. The Morgan fingerprint density at radius 1 is 1.04 bits per heavy atom. The standard InChI is InChI=1S/C19H24N2O3S/c1-15(2)17-11-7-8-12-18(17)21(25(3,23)24)14-13-20-19(22)16-9-5-4-6-10-16/h4-12,15H,13-14H2,1-3H3,(H,20,22). The van der Waals surface area contributed by atoms with Gasteiger partial charge in [0.15, 0.2) is 0 Å². The molecule has 0 aromatic heterocycles. The van der Waals surface area contributed by atoms with Gasteiger partial charge in [0, 0.05) is 12.1 Å². The second kappa shape index (κ2) is 8.16. The van der Waals surface area contributed by atoms with Gasteiger partial charge in [0.25, 0.3) is 5.91 Å². The molecule has 0 aliphatic carbocycles. The van der Waals surface area contributed by atoms with Crippen LogP contribution in [0.25, 0.3) is 0 Å². The Kier molecular flexibility index (Phi) is 6.20. The van der Waals surface area contributed by atoms with E-state index >= 15 is 0 Å². The van der Waals surface area contributed by atoms with Gasteiger partial charge in [-0.25, -0.2) is 8.42 Å². The zero-order valence-electron chi connectivity index (χ0n) is 14.8. The number of carbonyl (C=O) groups is 1. The van der Waals surface area contributed by atoms with E-state index in [4.69, 9.17) is 0 Å². The molecule has 0 fully saturated rings. The maximum absolute atomic E-state index is 12.3. The molecule has 0 spiro atoms. The van der Waals surface area contributed by atoms with Gasteiger partial charge >= 0.3 is 0 Å². The van der Waals surface area contributed by atoms with Crippen molar-refractivity contribution < 1.29 is 13.2 Å². The normalized spacial score (nSPS) is 11.4. The Labute approximate surface area is 149 Å². The summed E-state index contributed by atoms with van der Waals surface area (Å²) in [5.74, 6) is -0.0226. The average molecular weight is 360 g/mol.